The first kappa shape index (κ1) is 16.9. The molecular weight excluding hydrogens is 356 g/mol. The largest absolute Gasteiger partial charge is 0.447 e. The van der Waals surface area contributed by atoms with Crippen LogP contribution in [0, 0.1) is 5.92 Å². The Bertz CT molecular complexity index is 751. The van der Waals surface area contributed by atoms with Gasteiger partial charge in [0.2, 0.25) is 0 Å². The maximum absolute atomic E-state index is 12.7. The number of carbonyl (C=O) groups excluding carboxylic acids is 1. The van der Waals surface area contributed by atoms with Crippen molar-refractivity contribution in [2.24, 2.45) is 5.92 Å². The van der Waals surface area contributed by atoms with Gasteiger partial charge in [0.25, 0.3) is 5.91 Å². The molecule has 2 bridgehead atoms. The Labute approximate surface area is 156 Å². The molecule has 0 unspecified atom stereocenters. The lowest BCUT2D eigenvalue weighted by Crippen LogP contribution is -2.62. The molecule has 0 saturated carbocycles. The van der Waals surface area contributed by atoms with Gasteiger partial charge in [0, 0.05) is 17.1 Å². The van der Waals surface area contributed by atoms with Gasteiger partial charge in [-0.15, -0.1) is 0 Å². The molecule has 1 aromatic carbocycles. The standard InChI is InChI=1S/C19H21ClN2O2S/c1-12-18(13-8-10-22(12)11-9-13)21-19(23)16-6-7-17(25-16)24-15-4-2-14(20)3-5-15/h2-7,12-13,18H,8-11H2,1H3,(H,21,23)/t12-,18-/m0/s1. The molecule has 4 nitrogen and oxygen atoms in total. The van der Waals surface area contributed by atoms with Crippen molar-refractivity contribution in [3.63, 3.8) is 0 Å². The molecule has 3 aliphatic rings. The van der Waals surface area contributed by atoms with Crippen LogP contribution in [0.1, 0.15) is 29.4 Å². The van der Waals surface area contributed by atoms with Gasteiger partial charge in [-0.2, -0.15) is 0 Å². The highest BCUT2D eigenvalue weighted by atomic mass is 35.5. The summed E-state index contributed by atoms with van der Waals surface area (Å²) in [5.74, 6) is 1.32. The van der Waals surface area contributed by atoms with Crippen molar-refractivity contribution in [2.75, 3.05) is 13.1 Å². The number of ether oxygens (including phenoxy) is 1. The van der Waals surface area contributed by atoms with Gasteiger partial charge in [-0.1, -0.05) is 22.9 Å². The number of thiophene rings is 1. The van der Waals surface area contributed by atoms with Gasteiger partial charge in [0.05, 0.1) is 4.88 Å². The Balaban J connectivity index is 1.41. The number of piperidine rings is 3. The van der Waals surface area contributed by atoms with E-state index in [0.29, 0.717) is 32.7 Å². The second-order valence-corrected chi connectivity index (χ2v) is 8.27. The van der Waals surface area contributed by atoms with Gasteiger partial charge in [-0.05, 0) is 75.2 Å². The number of rotatable bonds is 4. The minimum absolute atomic E-state index is 0.00144. The van der Waals surface area contributed by atoms with Crippen LogP contribution in [-0.4, -0.2) is 36.0 Å². The molecule has 1 amide bonds. The first-order valence-corrected chi connectivity index (χ1v) is 9.88. The average Bonchev–Trinajstić information content (AvgIpc) is 3.09. The summed E-state index contributed by atoms with van der Waals surface area (Å²) in [7, 11) is 0. The summed E-state index contributed by atoms with van der Waals surface area (Å²) in [6, 6.07) is 11.5. The molecule has 3 aliphatic heterocycles. The van der Waals surface area contributed by atoms with Crippen LogP contribution in [0.4, 0.5) is 0 Å². The van der Waals surface area contributed by atoms with E-state index < -0.39 is 0 Å². The number of nitrogens with one attached hydrogen (secondary N) is 1. The van der Waals surface area contributed by atoms with Crippen molar-refractivity contribution in [3.8, 4) is 10.8 Å². The third-order valence-electron chi connectivity index (χ3n) is 5.31. The molecule has 6 heteroatoms. The second kappa shape index (κ2) is 6.98. The van der Waals surface area contributed by atoms with Crippen molar-refractivity contribution in [3.05, 3.63) is 46.3 Å². The SMILES string of the molecule is C[C@H]1[C@H](NC(=O)c2ccc(Oc3ccc(Cl)cc3)s2)C2CCN1CC2. The zero-order chi connectivity index (χ0) is 17.4. The van der Waals surface area contributed by atoms with Crippen LogP contribution in [0.2, 0.25) is 5.02 Å². The Hall–Kier alpha value is -1.56. The third kappa shape index (κ3) is 3.54. The fourth-order valence-corrected chi connectivity index (χ4v) is 4.79. The van der Waals surface area contributed by atoms with E-state index in [-0.39, 0.29) is 11.9 Å². The van der Waals surface area contributed by atoms with Gasteiger partial charge >= 0.3 is 0 Å². The number of hydrogen-bond acceptors (Lipinski definition) is 4. The summed E-state index contributed by atoms with van der Waals surface area (Å²) in [6.07, 6.45) is 2.37. The van der Waals surface area contributed by atoms with E-state index >= 15 is 0 Å². The first-order chi connectivity index (χ1) is 12.1. The summed E-state index contributed by atoms with van der Waals surface area (Å²) < 4.78 is 5.80. The normalized spacial score (nSPS) is 27.9. The predicted molar refractivity (Wildman–Crippen MR) is 101 cm³/mol. The summed E-state index contributed by atoms with van der Waals surface area (Å²) in [5.41, 5.74) is 0. The molecular formula is C19H21ClN2O2S. The molecule has 25 heavy (non-hydrogen) atoms. The van der Waals surface area contributed by atoms with E-state index in [2.05, 4.69) is 17.1 Å². The molecule has 2 atom stereocenters. The quantitative estimate of drug-likeness (QED) is 0.859. The molecule has 1 N–H and O–H groups in total. The Kier molecular flexibility index (Phi) is 4.71. The molecule has 0 spiro atoms. The lowest BCUT2D eigenvalue weighted by Gasteiger charge is -2.49. The zero-order valence-corrected chi connectivity index (χ0v) is 15.6. The van der Waals surface area contributed by atoms with E-state index in [1.54, 1.807) is 12.1 Å². The second-order valence-electron chi connectivity index (χ2n) is 6.79. The monoisotopic (exact) mass is 376 g/mol. The van der Waals surface area contributed by atoms with Gasteiger partial charge in [-0.25, -0.2) is 0 Å². The molecule has 132 valence electrons. The first-order valence-electron chi connectivity index (χ1n) is 8.68. The van der Waals surface area contributed by atoms with Crippen LogP contribution in [0.3, 0.4) is 0 Å². The minimum Gasteiger partial charge on any atom is -0.447 e. The van der Waals surface area contributed by atoms with E-state index in [9.17, 15) is 4.79 Å². The Morgan fingerprint density at radius 3 is 2.60 bits per heavy atom. The van der Waals surface area contributed by atoms with E-state index in [1.807, 2.05) is 24.3 Å². The average molecular weight is 377 g/mol. The maximum atomic E-state index is 12.7. The van der Waals surface area contributed by atoms with Crippen LogP contribution in [0.5, 0.6) is 10.8 Å². The van der Waals surface area contributed by atoms with Crippen molar-refractivity contribution in [1.29, 1.82) is 0 Å². The van der Waals surface area contributed by atoms with Crippen LogP contribution >= 0.6 is 22.9 Å². The number of fused-ring (bicyclic) bond motifs is 3. The smallest absolute Gasteiger partial charge is 0.261 e. The summed E-state index contributed by atoms with van der Waals surface area (Å²) in [6.45, 7) is 4.55. The van der Waals surface area contributed by atoms with Crippen LogP contribution in [-0.2, 0) is 0 Å². The van der Waals surface area contributed by atoms with Crippen LogP contribution < -0.4 is 10.1 Å². The topological polar surface area (TPSA) is 41.6 Å². The number of hydrogen-bond donors (Lipinski definition) is 1. The molecule has 0 aliphatic carbocycles. The molecule has 4 heterocycles. The molecule has 3 saturated heterocycles. The van der Waals surface area contributed by atoms with Gasteiger partial charge in [0.1, 0.15) is 5.75 Å². The lowest BCUT2D eigenvalue weighted by atomic mass is 9.79. The van der Waals surface area contributed by atoms with Crippen molar-refractivity contribution in [2.45, 2.75) is 31.8 Å². The maximum Gasteiger partial charge on any atom is 0.261 e. The fraction of sp³-hybridized carbons (Fsp3) is 0.421. The third-order valence-corrected chi connectivity index (χ3v) is 6.53. The van der Waals surface area contributed by atoms with Crippen molar-refractivity contribution in [1.82, 2.24) is 10.2 Å². The molecule has 3 fully saturated rings. The van der Waals surface area contributed by atoms with Gasteiger partial charge in [-0.3, -0.25) is 9.69 Å². The summed E-state index contributed by atoms with van der Waals surface area (Å²) in [5, 5.41) is 4.63. The Morgan fingerprint density at radius 2 is 1.92 bits per heavy atom. The highest BCUT2D eigenvalue weighted by Gasteiger charge is 2.40. The number of carbonyl (C=O) groups is 1. The number of nitrogens with zero attached hydrogens (tertiary/aromatic N) is 1. The lowest BCUT2D eigenvalue weighted by molar-refractivity contribution is 0.0218. The van der Waals surface area contributed by atoms with Gasteiger partial charge < -0.3 is 10.1 Å². The summed E-state index contributed by atoms with van der Waals surface area (Å²) in [4.78, 5) is 15.8. The minimum atomic E-state index is 0.00144. The molecule has 1 aromatic heterocycles. The summed E-state index contributed by atoms with van der Waals surface area (Å²) >= 11 is 7.25. The number of amides is 1. The van der Waals surface area contributed by atoms with E-state index in [0.717, 1.165) is 13.1 Å². The fourth-order valence-electron chi connectivity index (χ4n) is 3.88. The van der Waals surface area contributed by atoms with Crippen LogP contribution in [0.15, 0.2) is 36.4 Å². The van der Waals surface area contributed by atoms with Crippen molar-refractivity contribution >= 4 is 28.8 Å². The van der Waals surface area contributed by atoms with E-state index in [1.165, 1.54) is 24.2 Å². The number of benzene rings is 1. The highest BCUT2D eigenvalue weighted by molar-refractivity contribution is 7.15. The predicted octanol–water partition coefficient (Wildman–Crippen LogP) is 4.41. The Morgan fingerprint density at radius 1 is 1.20 bits per heavy atom. The van der Waals surface area contributed by atoms with Crippen LogP contribution in [0.25, 0.3) is 0 Å². The molecule has 2 aromatic rings. The number of halogens is 1. The molecule has 5 rings (SSSR count). The molecule has 0 radical (unpaired) electrons. The van der Waals surface area contributed by atoms with Gasteiger partial charge in [0.15, 0.2) is 5.06 Å². The van der Waals surface area contributed by atoms with Crippen molar-refractivity contribution < 1.29 is 9.53 Å². The highest BCUT2D eigenvalue weighted by Crippen LogP contribution is 2.33. The zero-order valence-electron chi connectivity index (χ0n) is 14.1. The van der Waals surface area contributed by atoms with E-state index in [4.69, 9.17) is 16.3 Å².